The van der Waals surface area contributed by atoms with Crippen molar-refractivity contribution in [1.82, 2.24) is 9.62 Å². The van der Waals surface area contributed by atoms with E-state index in [1.807, 2.05) is 0 Å². The van der Waals surface area contributed by atoms with Crippen LogP contribution in [0.25, 0.3) is 0 Å². The predicted octanol–water partition coefficient (Wildman–Crippen LogP) is 4.32. The van der Waals surface area contributed by atoms with E-state index in [0.29, 0.717) is 35.5 Å². The quantitative estimate of drug-likeness (QED) is 0.613. The fourth-order valence-electron chi connectivity index (χ4n) is 4.69. The van der Waals surface area contributed by atoms with Crippen LogP contribution in [-0.2, 0) is 15.8 Å². The number of hydrogen-bond donors (Lipinski definition) is 2. The van der Waals surface area contributed by atoms with Gasteiger partial charge in [0.25, 0.3) is 11.8 Å². The number of amides is 2. The van der Waals surface area contributed by atoms with Gasteiger partial charge in [-0.15, -0.1) is 0 Å². The summed E-state index contributed by atoms with van der Waals surface area (Å²) in [7, 11) is -3.36. The second-order valence-corrected chi connectivity index (χ2v) is 11.2. The van der Waals surface area contributed by atoms with Gasteiger partial charge in [-0.2, -0.15) is 0 Å². The van der Waals surface area contributed by atoms with Crippen molar-refractivity contribution in [3.8, 4) is 0 Å². The van der Waals surface area contributed by atoms with Crippen molar-refractivity contribution in [2.45, 2.75) is 63.2 Å². The van der Waals surface area contributed by atoms with Gasteiger partial charge >= 0.3 is 0 Å². The van der Waals surface area contributed by atoms with E-state index in [2.05, 4.69) is 10.6 Å². The molecule has 182 valence electrons. The number of anilines is 1. The van der Waals surface area contributed by atoms with Crippen LogP contribution < -0.4 is 10.6 Å². The first-order valence-corrected chi connectivity index (χ1v) is 13.8. The predicted molar refractivity (Wildman–Crippen MR) is 133 cm³/mol. The first-order valence-electron chi connectivity index (χ1n) is 12.2. The number of rotatable bonds is 7. The number of piperidine rings is 1. The van der Waals surface area contributed by atoms with Crippen LogP contribution in [0.1, 0.15) is 77.6 Å². The Balaban J connectivity index is 1.39. The number of carbonyl (C=O) groups excluding carboxylic acids is 2. The molecule has 2 aliphatic rings. The summed E-state index contributed by atoms with van der Waals surface area (Å²) in [6.07, 6.45) is 8.30. The first kappa shape index (κ1) is 24.4. The van der Waals surface area contributed by atoms with Gasteiger partial charge in [0.1, 0.15) is 0 Å². The van der Waals surface area contributed by atoms with Gasteiger partial charge in [-0.3, -0.25) is 9.59 Å². The molecule has 4 rings (SSSR count). The molecule has 0 bridgehead atoms. The molecule has 1 aliphatic carbocycles. The number of nitrogens with one attached hydrogen (secondary N) is 2. The van der Waals surface area contributed by atoms with E-state index < -0.39 is 10.0 Å². The van der Waals surface area contributed by atoms with Crippen LogP contribution >= 0.6 is 0 Å². The number of carbonyl (C=O) groups is 2. The average Bonchev–Trinajstić information content (AvgIpc) is 2.86. The minimum absolute atomic E-state index is 0.0704. The molecule has 0 aromatic heterocycles. The zero-order chi connectivity index (χ0) is 24.0. The smallest absolute Gasteiger partial charge is 0.255 e. The Bertz CT molecular complexity index is 1100. The summed E-state index contributed by atoms with van der Waals surface area (Å²) in [4.78, 5) is 25.7. The van der Waals surface area contributed by atoms with Crippen LogP contribution in [0.2, 0.25) is 0 Å². The molecule has 1 aliphatic heterocycles. The summed E-state index contributed by atoms with van der Waals surface area (Å²) in [5, 5.41) is 5.93. The van der Waals surface area contributed by atoms with Crippen LogP contribution in [0.3, 0.4) is 0 Å². The molecule has 1 saturated carbocycles. The molecule has 1 saturated heterocycles. The highest BCUT2D eigenvalue weighted by Crippen LogP contribution is 2.21. The van der Waals surface area contributed by atoms with Crippen molar-refractivity contribution in [3.05, 3.63) is 65.2 Å². The largest absolute Gasteiger partial charge is 0.349 e. The number of benzene rings is 2. The van der Waals surface area contributed by atoms with E-state index in [9.17, 15) is 18.0 Å². The van der Waals surface area contributed by atoms with Crippen LogP contribution in [0.5, 0.6) is 0 Å². The lowest BCUT2D eigenvalue weighted by Gasteiger charge is -2.25. The van der Waals surface area contributed by atoms with Crippen molar-refractivity contribution in [1.29, 1.82) is 0 Å². The van der Waals surface area contributed by atoms with Gasteiger partial charge in [0.2, 0.25) is 10.0 Å². The molecule has 7 nitrogen and oxygen atoms in total. The number of sulfonamides is 1. The van der Waals surface area contributed by atoms with Crippen LogP contribution in [0.15, 0.2) is 48.5 Å². The Morgan fingerprint density at radius 2 is 1.47 bits per heavy atom. The molecular formula is C26H33N3O4S. The maximum Gasteiger partial charge on any atom is 0.255 e. The average molecular weight is 484 g/mol. The fraction of sp³-hybridized carbons (Fsp3) is 0.462. The second-order valence-electron chi connectivity index (χ2n) is 9.22. The number of hydrogen-bond acceptors (Lipinski definition) is 4. The lowest BCUT2D eigenvalue weighted by Crippen LogP contribution is -2.36. The summed E-state index contributed by atoms with van der Waals surface area (Å²) < 4.78 is 26.9. The number of para-hydroxylation sites is 1. The Hall–Kier alpha value is -2.71. The van der Waals surface area contributed by atoms with Gasteiger partial charge in [0.15, 0.2) is 0 Å². The molecule has 2 aromatic carbocycles. The van der Waals surface area contributed by atoms with Crippen molar-refractivity contribution in [3.63, 3.8) is 0 Å². The van der Waals surface area contributed by atoms with E-state index in [1.54, 1.807) is 52.8 Å². The molecule has 0 spiro atoms. The summed E-state index contributed by atoms with van der Waals surface area (Å²) in [5.41, 5.74) is 1.94. The second kappa shape index (κ2) is 11.1. The Labute approximate surface area is 202 Å². The molecule has 0 radical (unpaired) electrons. The van der Waals surface area contributed by atoms with Crippen molar-refractivity contribution >= 4 is 27.5 Å². The highest BCUT2D eigenvalue weighted by Gasteiger charge is 2.24. The molecular weight excluding hydrogens is 450 g/mol. The van der Waals surface area contributed by atoms with Crippen molar-refractivity contribution in [2.24, 2.45) is 0 Å². The SMILES string of the molecule is O=C(Nc1ccccc1C(=O)NC1CCCCC1)c1ccc(CS(=O)(=O)N2CCCCC2)cc1. The first-order chi connectivity index (χ1) is 16.4. The maximum atomic E-state index is 12.9. The molecule has 2 N–H and O–H groups in total. The summed E-state index contributed by atoms with van der Waals surface area (Å²) in [5.74, 6) is -0.594. The Morgan fingerprint density at radius 3 is 2.18 bits per heavy atom. The molecule has 2 aromatic rings. The highest BCUT2D eigenvalue weighted by molar-refractivity contribution is 7.88. The zero-order valence-electron chi connectivity index (χ0n) is 19.5. The van der Waals surface area contributed by atoms with Gasteiger partial charge in [0.05, 0.1) is 17.0 Å². The van der Waals surface area contributed by atoms with E-state index in [4.69, 9.17) is 0 Å². The van der Waals surface area contributed by atoms with E-state index >= 15 is 0 Å². The third kappa shape index (κ3) is 6.24. The standard InChI is InChI=1S/C26H33N3O4S/c30-25(21-15-13-20(14-16-21)19-34(32,33)29-17-7-2-8-18-29)28-24-12-6-5-11-23(24)26(31)27-22-9-3-1-4-10-22/h5-6,11-16,22H,1-4,7-10,17-19H2,(H,27,31)(H,28,30). The number of nitrogens with zero attached hydrogens (tertiary/aromatic N) is 1. The summed E-state index contributed by atoms with van der Waals surface area (Å²) in [6, 6.07) is 13.8. The minimum Gasteiger partial charge on any atom is -0.349 e. The minimum atomic E-state index is -3.36. The Morgan fingerprint density at radius 1 is 0.824 bits per heavy atom. The third-order valence-corrected chi connectivity index (χ3v) is 8.48. The molecule has 2 amide bonds. The monoisotopic (exact) mass is 483 g/mol. The van der Waals surface area contributed by atoms with Gasteiger partial charge in [0, 0.05) is 24.7 Å². The topological polar surface area (TPSA) is 95.6 Å². The molecule has 34 heavy (non-hydrogen) atoms. The molecule has 0 atom stereocenters. The van der Waals surface area contributed by atoms with E-state index in [0.717, 1.165) is 44.9 Å². The highest BCUT2D eigenvalue weighted by atomic mass is 32.2. The zero-order valence-corrected chi connectivity index (χ0v) is 20.3. The Kier molecular flexibility index (Phi) is 8.00. The third-order valence-electron chi connectivity index (χ3n) is 6.63. The molecule has 8 heteroatoms. The van der Waals surface area contributed by atoms with Gasteiger partial charge < -0.3 is 10.6 Å². The normalized spacial score (nSPS) is 17.8. The van der Waals surface area contributed by atoms with Crippen molar-refractivity contribution < 1.29 is 18.0 Å². The molecule has 1 heterocycles. The van der Waals surface area contributed by atoms with Crippen LogP contribution in [-0.4, -0.2) is 43.7 Å². The molecule has 2 fully saturated rings. The van der Waals surface area contributed by atoms with Crippen molar-refractivity contribution in [2.75, 3.05) is 18.4 Å². The van der Waals surface area contributed by atoms with Crippen LogP contribution in [0.4, 0.5) is 5.69 Å². The summed E-state index contributed by atoms with van der Waals surface area (Å²) in [6.45, 7) is 1.16. The maximum absolute atomic E-state index is 12.9. The van der Waals surface area contributed by atoms with Gasteiger partial charge in [-0.05, 0) is 55.5 Å². The van der Waals surface area contributed by atoms with Gasteiger partial charge in [-0.25, -0.2) is 12.7 Å². The van der Waals surface area contributed by atoms with E-state index in [-0.39, 0.29) is 23.6 Å². The summed E-state index contributed by atoms with van der Waals surface area (Å²) >= 11 is 0. The lowest BCUT2D eigenvalue weighted by atomic mass is 9.95. The molecule has 0 unspecified atom stereocenters. The fourth-order valence-corrected chi connectivity index (χ4v) is 6.30. The van der Waals surface area contributed by atoms with Crippen LogP contribution in [0, 0.1) is 0 Å². The van der Waals surface area contributed by atoms with Gasteiger partial charge in [-0.1, -0.05) is 49.9 Å². The lowest BCUT2D eigenvalue weighted by molar-refractivity contribution is 0.0928. The van der Waals surface area contributed by atoms with E-state index in [1.165, 1.54) is 6.42 Å².